The largest absolute Gasteiger partial charge is 0.370 e. The Labute approximate surface area is 102 Å². The van der Waals surface area contributed by atoms with E-state index in [1.54, 1.807) is 0 Å². The topological polar surface area (TPSA) is 101 Å². The summed E-state index contributed by atoms with van der Waals surface area (Å²) >= 11 is 0. The molecule has 0 aliphatic heterocycles. The first-order valence-corrected chi connectivity index (χ1v) is 5.95. The van der Waals surface area contributed by atoms with Crippen LogP contribution in [0.3, 0.4) is 0 Å². The molecule has 2 atom stereocenters. The number of nitrogens with two attached hydrogens (primary N) is 2. The molecule has 2 amide bonds. The normalized spacial score (nSPS) is 18.8. The number of likely N-dealkylation sites (N-methyl/N-ethyl adjacent to an activating group) is 1. The molecule has 0 saturated heterocycles. The molecule has 0 radical (unpaired) electrons. The van der Waals surface area contributed by atoms with E-state index in [0.717, 1.165) is 0 Å². The molecule has 1 aliphatic carbocycles. The van der Waals surface area contributed by atoms with Crippen LogP contribution in [0.15, 0.2) is 0 Å². The summed E-state index contributed by atoms with van der Waals surface area (Å²) in [5, 5.41) is 2.74. The van der Waals surface area contributed by atoms with Crippen LogP contribution in [0.25, 0.3) is 0 Å². The van der Waals surface area contributed by atoms with Crippen LogP contribution in [-0.2, 0) is 9.59 Å². The second kappa shape index (κ2) is 5.97. The summed E-state index contributed by atoms with van der Waals surface area (Å²) in [5.41, 5.74) is 10.5. The number of hydrogen-bond donors (Lipinski definition) is 3. The fraction of sp³-hybridized carbons (Fsp3) is 0.818. The summed E-state index contributed by atoms with van der Waals surface area (Å²) in [6, 6.07) is 0.0827. The third-order valence-electron chi connectivity index (χ3n) is 3.15. The van der Waals surface area contributed by atoms with Crippen molar-refractivity contribution >= 4 is 11.8 Å². The van der Waals surface area contributed by atoms with Crippen LogP contribution < -0.4 is 16.8 Å². The first-order chi connectivity index (χ1) is 7.91. The van der Waals surface area contributed by atoms with Gasteiger partial charge in [-0.15, -0.1) is 0 Å². The molecule has 0 aromatic carbocycles. The molecular formula is C11H22N4O2. The highest BCUT2D eigenvalue weighted by atomic mass is 16.2. The summed E-state index contributed by atoms with van der Waals surface area (Å²) < 4.78 is 0. The number of nitrogens with one attached hydrogen (secondary N) is 1. The van der Waals surface area contributed by atoms with Crippen molar-refractivity contribution in [3.05, 3.63) is 0 Å². The van der Waals surface area contributed by atoms with Gasteiger partial charge in [0.25, 0.3) is 0 Å². The van der Waals surface area contributed by atoms with Gasteiger partial charge in [0.2, 0.25) is 11.8 Å². The number of nitrogens with zero attached hydrogens (tertiary/aromatic N) is 1. The number of rotatable bonds is 7. The van der Waals surface area contributed by atoms with Crippen LogP contribution in [-0.4, -0.2) is 48.4 Å². The van der Waals surface area contributed by atoms with Crippen molar-refractivity contribution in [3.8, 4) is 0 Å². The molecule has 0 spiro atoms. The smallest absolute Gasteiger partial charge is 0.237 e. The maximum absolute atomic E-state index is 11.5. The predicted octanol–water partition coefficient (Wildman–Crippen LogP) is -1.21. The SMILES string of the molecule is CC(CNC(=O)C(N)CC(N)=O)N(C)C1CC1. The van der Waals surface area contributed by atoms with E-state index in [1.165, 1.54) is 12.8 Å². The van der Waals surface area contributed by atoms with Gasteiger partial charge in [0.1, 0.15) is 0 Å². The first-order valence-electron chi connectivity index (χ1n) is 5.95. The summed E-state index contributed by atoms with van der Waals surface area (Å²) in [4.78, 5) is 24.4. The lowest BCUT2D eigenvalue weighted by Gasteiger charge is -2.25. The van der Waals surface area contributed by atoms with Gasteiger partial charge < -0.3 is 16.8 Å². The van der Waals surface area contributed by atoms with E-state index in [2.05, 4.69) is 24.2 Å². The quantitative estimate of drug-likeness (QED) is 0.521. The van der Waals surface area contributed by atoms with E-state index in [1.807, 2.05) is 0 Å². The van der Waals surface area contributed by atoms with E-state index < -0.39 is 11.9 Å². The second-order valence-electron chi connectivity index (χ2n) is 4.77. The Balaban J connectivity index is 2.24. The Morgan fingerprint density at radius 3 is 2.53 bits per heavy atom. The van der Waals surface area contributed by atoms with Crippen molar-refractivity contribution < 1.29 is 9.59 Å². The number of primary amides is 1. The molecule has 0 aromatic rings. The van der Waals surface area contributed by atoms with Crippen LogP contribution >= 0.6 is 0 Å². The lowest BCUT2D eigenvalue weighted by atomic mass is 10.2. The van der Waals surface area contributed by atoms with E-state index in [9.17, 15) is 9.59 Å². The summed E-state index contributed by atoms with van der Waals surface area (Å²) in [5.74, 6) is -0.879. The van der Waals surface area contributed by atoms with Gasteiger partial charge >= 0.3 is 0 Å². The standard InChI is InChI=1S/C11H22N4O2/c1-7(15(2)8-3-4-8)6-14-11(17)9(12)5-10(13)16/h7-9H,3-6,12H2,1-2H3,(H2,13,16)(H,14,17). The second-order valence-corrected chi connectivity index (χ2v) is 4.77. The van der Waals surface area contributed by atoms with Crippen LogP contribution in [0, 0.1) is 0 Å². The minimum atomic E-state index is -0.842. The Morgan fingerprint density at radius 2 is 2.06 bits per heavy atom. The number of amides is 2. The fourth-order valence-corrected chi connectivity index (χ4v) is 1.67. The van der Waals surface area contributed by atoms with Gasteiger partial charge in [-0.25, -0.2) is 0 Å². The molecule has 1 fully saturated rings. The summed E-state index contributed by atoms with van der Waals surface area (Å²) in [7, 11) is 2.05. The van der Waals surface area contributed by atoms with Gasteiger partial charge in [0.15, 0.2) is 0 Å². The number of carbonyl (C=O) groups excluding carboxylic acids is 2. The summed E-state index contributed by atoms with van der Waals surface area (Å²) in [6.07, 6.45) is 2.35. The third-order valence-corrected chi connectivity index (χ3v) is 3.15. The van der Waals surface area contributed by atoms with Crippen molar-refractivity contribution in [2.24, 2.45) is 11.5 Å². The van der Waals surface area contributed by atoms with E-state index in [4.69, 9.17) is 11.5 Å². The van der Waals surface area contributed by atoms with Crippen molar-refractivity contribution in [2.45, 2.75) is 44.3 Å². The monoisotopic (exact) mass is 242 g/mol. The van der Waals surface area contributed by atoms with Gasteiger partial charge in [0, 0.05) is 18.6 Å². The first kappa shape index (κ1) is 13.9. The maximum Gasteiger partial charge on any atom is 0.237 e. The molecule has 0 aromatic heterocycles. The minimum absolute atomic E-state index is 0.112. The number of carbonyl (C=O) groups is 2. The fourth-order valence-electron chi connectivity index (χ4n) is 1.67. The van der Waals surface area contributed by atoms with E-state index in [0.29, 0.717) is 12.6 Å². The molecule has 0 heterocycles. The highest BCUT2D eigenvalue weighted by molar-refractivity contribution is 5.87. The van der Waals surface area contributed by atoms with Crippen LogP contribution in [0.5, 0.6) is 0 Å². The van der Waals surface area contributed by atoms with E-state index in [-0.39, 0.29) is 18.4 Å². The maximum atomic E-state index is 11.5. The van der Waals surface area contributed by atoms with E-state index >= 15 is 0 Å². The number of hydrogen-bond acceptors (Lipinski definition) is 4. The Morgan fingerprint density at radius 1 is 1.47 bits per heavy atom. The average molecular weight is 242 g/mol. The average Bonchev–Trinajstić information content (AvgIpc) is 3.06. The Kier molecular flexibility index (Phi) is 4.89. The zero-order chi connectivity index (χ0) is 13.0. The van der Waals surface area contributed by atoms with Crippen molar-refractivity contribution in [1.82, 2.24) is 10.2 Å². The molecule has 1 aliphatic rings. The minimum Gasteiger partial charge on any atom is -0.370 e. The molecule has 1 saturated carbocycles. The van der Waals surface area contributed by atoms with Crippen molar-refractivity contribution in [2.75, 3.05) is 13.6 Å². The summed E-state index contributed by atoms with van der Waals surface area (Å²) in [6.45, 7) is 2.59. The zero-order valence-electron chi connectivity index (χ0n) is 10.5. The highest BCUT2D eigenvalue weighted by Crippen LogP contribution is 2.26. The molecule has 1 rings (SSSR count). The lowest BCUT2D eigenvalue weighted by molar-refractivity contribution is -0.126. The third kappa shape index (κ3) is 4.70. The Bertz CT molecular complexity index is 291. The molecule has 17 heavy (non-hydrogen) atoms. The molecule has 5 N–H and O–H groups in total. The van der Waals surface area contributed by atoms with Gasteiger partial charge in [-0.3, -0.25) is 14.5 Å². The Hall–Kier alpha value is -1.14. The van der Waals surface area contributed by atoms with Gasteiger partial charge in [0.05, 0.1) is 12.5 Å². The molecule has 6 nitrogen and oxygen atoms in total. The van der Waals surface area contributed by atoms with Crippen molar-refractivity contribution in [1.29, 1.82) is 0 Å². The molecule has 2 unspecified atom stereocenters. The highest BCUT2D eigenvalue weighted by Gasteiger charge is 2.29. The lowest BCUT2D eigenvalue weighted by Crippen LogP contribution is -2.47. The van der Waals surface area contributed by atoms with Crippen LogP contribution in [0.2, 0.25) is 0 Å². The van der Waals surface area contributed by atoms with Crippen molar-refractivity contribution in [3.63, 3.8) is 0 Å². The molecule has 98 valence electrons. The predicted molar refractivity (Wildman–Crippen MR) is 65.0 cm³/mol. The van der Waals surface area contributed by atoms with Gasteiger partial charge in [-0.2, -0.15) is 0 Å². The zero-order valence-corrected chi connectivity index (χ0v) is 10.5. The van der Waals surface area contributed by atoms with Gasteiger partial charge in [-0.05, 0) is 26.8 Å². The molecular weight excluding hydrogens is 220 g/mol. The van der Waals surface area contributed by atoms with Gasteiger partial charge in [-0.1, -0.05) is 0 Å². The van der Waals surface area contributed by atoms with Crippen LogP contribution in [0.1, 0.15) is 26.2 Å². The molecule has 6 heteroatoms. The molecule has 0 bridgehead atoms. The van der Waals surface area contributed by atoms with Crippen LogP contribution in [0.4, 0.5) is 0 Å².